The average molecular weight is 559 g/mol. The van der Waals surface area contributed by atoms with Gasteiger partial charge in [0.05, 0.1) is 22.7 Å². The zero-order valence-corrected chi connectivity index (χ0v) is 24.6. The second-order valence-corrected chi connectivity index (χ2v) is 11.8. The number of nitrogens with zero attached hydrogens (tertiary/aromatic N) is 4. The van der Waals surface area contributed by atoms with E-state index in [-0.39, 0.29) is 0 Å². The summed E-state index contributed by atoms with van der Waals surface area (Å²) < 4.78 is 0. The third kappa shape index (κ3) is 4.38. The molecule has 0 fully saturated rings. The van der Waals surface area contributed by atoms with Gasteiger partial charge >= 0.3 is 0 Å². The Morgan fingerprint density at radius 1 is 0.395 bits per heavy atom. The lowest BCUT2D eigenvalue weighted by atomic mass is 10.0. The zero-order valence-electron chi connectivity index (χ0n) is 24.6. The minimum absolute atomic E-state index is 0.394. The molecule has 210 valence electrons. The van der Waals surface area contributed by atoms with E-state index in [0.717, 1.165) is 13.3 Å². The van der Waals surface area contributed by atoms with Crippen LogP contribution in [-0.4, -0.2) is 13.3 Å². The van der Waals surface area contributed by atoms with Crippen molar-refractivity contribution < 1.29 is 0 Å². The second kappa shape index (κ2) is 10.2. The van der Waals surface area contributed by atoms with Crippen LogP contribution in [0.2, 0.25) is 0 Å². The number of para-hydroxylation sites is 4. The first-order valence-electron chi connectivity index (χ1n) is 15.1. The van der Waals surface area contributed by atoms with Gasteiger partial charge in [0.1, 0.15) is 13.3 Å². The normalized spacial score (nSPS) is 14.1. The Labute approximate surface area is 253 Å². The van der Waals surface area contributed by atoms with Crippen molar-refractivity contribution in [1.29, 1.82) is 0 Å². The summed E-state index contributed by atoms with van der Waals surface area (Å²) in [5.74, 6) is 0.394. The van der Waals surface area contributed by atoms with Crippen LogP contribution in [0, 0.1) is 0 Å². The largest absolute Gasteiger partial charge is 0.321 e. The van der Waals surface area contributed by atoms with Gasteiger partial charge in [0, 0.05) is 22.7 Å². The fourth-order valence-corrected chi connectivity index (χ4v) is 6.52. The van der Waals surface area contributed by atoms with Crippen molar-refractivity contribution in [3.8, 4) is 0 Å². The van der Waals surface area contributed by atoms with Gasteiger partial charge in [-0.1, -0.05) is 86.6 Å². The van der Waals surface area contributed by atoms with Crippen LogP contribution in [0.1, 0.15) is 25.3 Å². The van der Waals surface area contributed by atoms with E-state index >= 15 is 0 Å². The highest BCUT2D eigenvalue weighted by molar-refractivity contribution is 5.98. The Morgan fingerprint density at radius 2 is 0.791 bits per heavy atom. The molecule has 6 aromatic rings. The number of rotatable bonds is 5. The minimum atomic E-state index is 0.394. The van der Waals surface area contributed by atoms with Gasteiger partial charge in [-0.3, -0.25) is 0 Å². The predicted octanol–water partition coefficient (Wildman–Crippen LogP) is 10.5. The van der Waals surface area contributed by atoms with Crippen molar-refractivity contribution >= 4 is 56.3 Å². The van der Waals surface area contributed by atoms with Crippen molar-refractivity contribution in [2.75, 3.05) is 32.9 Å². The molecule has 0 unspecified atom stereocenters. The summed E-state index contributed by atoms with van der Waals surface area (Å²) in [6.07, 6.45) is 0. The van der Waals surface area contributed by atoms with Crippen LogP contribution in [0.25, 0.3) is 10.8 Å². The molecule has 4 heteroatoms. The van der Waals surface area contributed by atoms with E-state index < -0.39 is 0 Å². The third-order valence-corrected chi connectivity index (χ3v) is 8.80. The molecule has 2 aliphatic rings. The van der Waals surface area contributed by atoms with Gasteiger partial charge in [-0.25, -0.2) is 0 Å². The van der Waals surface area contributed by atoms with Crippen molar-refractivity contribution in [3.63, 3.8) is 0 Å². The minimum Gasteiger partial charge on any atom is -0.321 e. The van der Waals surface area contributed by atoms with Gasteiger partial charge in [0.25, 0.3) is 0 Å². The van der Waals surface area contributed by atoms with Crippen LogP contribution < -0.4 is 19.6 Å². The maximum atomic E-state index is 2.49. The molecule has 0 saturated heterocycles. The standard InChI is InChI=1S/C39H34N4/c1-28(2)31-21-34(42-26-40(32-15-5-3-6-16-32)36-19-11-12-20-37(36)42)25-35(22-31)43-27-41(33-17-7-4-8-18-33)38-23-29-13-9-10-14-30(29)24-39(38)43/h3-25,28H,26-27H2,1-2H3. The molecule has 0 spiro atoms. The van der Waals surface area contributed by atoms with E-state index in [1.807, 2.05) is 0 Å². The van der Waals surface area contributed by atoms with Crippen LogP contribution >= 0.6 is 0 Å². The zero-order chi connectivity index (χ0) is 28.9. The van der Waals surface area contributed by atoms with Gasteiger partial charge < -0.3 is 19.6 Å². The molecule has 43 heavy (non-hydrogen) atoms. The van der Waals surface area contributed by atoms with Crippen molar-refractivity contribution in [1.82, 2.24) is 0 Å². The van der Waals surface area contributed by atoms with E-state index in [0.29, 0.717) is 5.92 Å². The Hall–Kier alpha value is -5.22. The molecule has 6 aromatic carbocycles. The molecular formula is C39H34N4. The fourth-order valence-electron chi connectivity index (χ4n) is 6.52. The number of hydrogen-bond donors (Lipinski definition) is 0. The second-order valence-electron chi connectivity index (χ2n) is 11.8. The van der Waals surface area contributed by atoms with E-state index in [4.69, 9.17) is 0 Å². The van der Waals surface area contributed by atoms with Crippen molar-refractivity contribution in [2.24, 2.45) is 0 Å². The van der Waals surface area contributed by atoms with Gasteiger partial charge in [-0.15, -0.1) is 0 Å². The van der Waals surface area contributed by atoms with Gasteiger partial charge in [-0.2, -0.15) is 0 Å². The third-order valence-electron chi connectivity index (χ3n) is 8.80. The Kier molecular flexibility index (Phi) is 6.07. The van der Waals surface area contributed by atoms with Crippen molar-refractivity contribution in [2.45, 2.75) is 19.8 Å². The van der Waals surface area contributed by atoms with E-state index in [1.54, 1.807) is 0 Å². The van der Waals surface area contributed by atoms with Crippen LogP contribution in [0.3, 0.4) is 0 Å². The van der Waals surface area contributed by atoms with Crippen molar-refractivity contribution in [3.05, 3.63) is 145 Å². The molecule has 0 amide bonds. The summed E-state index contributed by atoms with van der Waals surface area (Å²) in [6.45, 7) is 6.10. The highest BCUT2D eigenvalue weighted by Crippen LogP contribution is 2.49. The molecule has 4 nitrogen and oxygen atoms in total. The Balaban J connectivity index is 1.26. The van der Waals surface area contributed by atoms with Crippen LogP contribution in [0.15, 0.2) is 140 Å². The SMILES string of the molecule is CC(C)c1cc(N2CN(c3ccccc3)c3ccccc32)cc(N2CN(c3ccccc3)c3cc4ccccc4cc32)c1. The van der Waals surface area contributed by atoms with Gasteiger partial charge in [0.2, 0.25) is 0 Å². The first-order valence-corrected chi connectivity index (χ1v) is 15.1. The topological polar surface area (TPSA) is 13.0 Å². The summed E-state index contributed by atoms with van der Waals surface area (Å²) in [4.78, 5) is 9.79. The Morgan fingerprint density at radius 3 is 1.28 bits per heavy atom. The van der Waals surface area contributed by atoms with Crippen LogP contribution in [-0.2, 0) is 0 Å². The molecule has 0 atom stereocenters. The highest BCUT2D eigenvalue weighted by atomic mass is 15.4. The molecule has 8 rings (SSSR count). The molecular weight excluding hydrogens is 524 g/mol. The van der Waals surface area contributed by atoms with Crippen LogP contribution in [0.5, 0.6) is 0 Å². The van der Waals surface area contributed by atoms with Gasteiger partial charge in [0.15, 0.2) is 0 Å². The number of hydrogen-bond acceptors (Lipinski definition) is 4. The summed E-state index contributed by atoms with van der Waals surface area (Å²) >= 11 is 0. The molecule has 2 aliphatic heterocycles. The van der Waals surface area contributed by atoms with E-state index in [2.05, 4.69) is 173 Å². The molecule has 0 saturated carbocycles. The van der Waals surface area contributed by atoms with Gasteiger partial charge in [-0.05, 0) is 89.0 Å². The first kappa shape index (κ1) is 25.5. The molecule has 0 N–H and O–H groups in total. The summed E-state index contributed by atoms with van der Waals surface area (Å²) in [5.41, 5.74) is 11.1. The monoisotopic (exact) mass is 558 g/mol. The molecule has 0 radical (unpaired) electrons. The average Bonchev–Trinajstić information content (AvgIpc) is 3.63. The molecule has 0 aliphatic carbocycles. The lowest BCUT2D eigenvalue weighted by Crippen LogP contribution is -2.26. The maximum Gasteiger partial charge on any atom is 0.100 e. The summed E-state index contributed by atoms with van der Waals surface area (Å²) in [5, 5.41) is 2.52. The lowest BCUT2D eigenvalue weighted by molar-refractivity contribution is 0.862. The van der Waals surface area contributed by atoms with Crippen LogP contribution in [0.4, 0.5) is 45.5 Å². The molecule has 0 aromatic heterocycles. The molecule has 0 bridgehead atoms. The van der Waals surface area contributed by atoms with E-state index in [9.17, 15) is 0 Å². The highest BCUT2D eigenvalue weighted by Gasteiger charge is 2.32. The quantitative estimate of drug-likeness (QED) is 0.209. The lowest BCUT2D eigenvalue weighted by Gasteiger charge is -2.27. The number of fused-ring (bicyclic) bond motifs is 3. The number of benzene rings is 6. The smallest absolute Gasteiger partial charge is 0.100 e. The summed E-state index contributed by atoms with van der Waals surface area (Å²) in [7, 11) is 0. The number of anilines is 8. The molecule has 2 heterocycles. The predicted molar refractivity (Wildman–Crippen MR) is 182 cm³/mol. The first-order chi connectivity index (χ1) is 21.1. The van der Waals surface area contributed by atoms with E-state index in [1.165, 1.54) is 61.8 Å². The summed E-state index contributed by atoms with van der Waals surface area (Å²) in [6, 6.07) is 50.7. The Bertz CT molecular complexity index is 1930. The maximum absolute atomic E-state index is 2.49. The fraction of sp³-hybridized carbons (Fsp3) is 0.128.